The highest BCUT2D eigenvalue weighted by Gasteiger charge is 2.45. The maximum Gasteiger partial charge on any atom is 0.164 e. The average molecular weight is 431 g/mol. The van der Waals surface area contributed by atoms with Crippen molar-refractivity contribution in [2.45, 2.75) is 43.5 Å². The third-order valence-electron chi connectivity index (χ3n) is 5.79. The van der Waals surface area contributed by atoms with Gasteiger partial charge < -0.3 is 19.3 Å². The van der Waals surface area contributed by atoms with E-state index in [9.17, 15) is 5.11 Å². The van der Waals surface area contributed by atoms with E-state index in [1.54, 1.807) is 6.08 Å². The Morgan fingerprint density at radius 2 is 1.31 bits per heavy atom. The van der Waals surface area contributed by atoms with Crippen LogP contribution in [0.2, 0.25) is 0 Å². The highest BCUT2D eigenvalue weighted by Crippen LogP contribution is 2.41. The molecule has 32 heavy (non-hydrogen) atoms. The first-order valence-electron chi connectivity index (χ1n) is 10.9. The van der Waals surface area contributed by atoms with Gasteiger partial charge in [0.2, 0.25) is 0 Å². The molecular formula is C28H30O4. The van der Waals surface area contributed by atoms with Crippen molar-refractivity contribution >= 4 is 0 Å². The lowest BCUT2D eigenvalue weighted by Crippen LogP contribution is -2.42. The van der Waals surface area contributed by atoms with E-state index in [0.717, 1.165) is 16.7 Å². The molecule has 1 aliphatic rings. The van der Waals surface area contributed by atoms with Crippen LogP contribution in [0.25, 0.3) is 0 Å². The molecule has 0 amide bonds. The van der Waals surface area contributed by atoms with Gasteiger partial charge in [0.25, 0.3) is 0 Å². The summed E-state index contributed by atoms with van der Waals surface area (Å²) in [6, 6.07) is 30.3. The van der Waals surface area contributed by atoms with Gasteiger partial charge in [-0.2, -0.15) is 0 Å². The van der Waals surface area contributed by atoms with Crippen LogP contribution in [-0.4, -0.2) is 35.8 Å². The molecule has 1 heterocycles. The van der Waals surface area contributed by atoms with Gasteiger partial charge in [-0.3, -0.25) is 0 Å². The molecule has 4 heteroatoms. The normalized spacial score (nSPS) is 21.2. The Labute approximate surface area is 190 Å². The quantitative estimate of drug-likeness (QED) is 0.401. The second-order valence-electron chi connectivity index (χ2n) is 8.46. The van der Waals surface area contributed by atoms with Gasteiger partial charge in [-0.15, -0.1) is 6.58 Å². The molecule has 4 nitrogen and oxygen atoms in total. The largest absolute Gasteiger partial charge is 0.388 e. The smallest absolute Gasteiger partial charge is 0.164 e. The Morgan fingerprint density at radius 3 is 1.72 bits per heavy atom. The van der Waals surface area contributed by atoms with Crippen LogP contribution in [0.3, 0.4) is 0 Å². The van der Waals surface area contributed by atoms with E-state index in [4.69, 9.17) is 14.2 Å². The summed E-state index contributed by atoms with van der Waals surface area (Å²) in [6.45, 7) is 7.55. The van der Waals surface area contributed by atoms with Crippen LogP contribution in [0, 0.1) is 0 Å². The number of aliphatic hydroxyl groups is 1. The van der Waals surface area contributed by atoms with Gasteiger partial charge in [-0.05, 0) is 30.5 Å². The fourth-order valence-corrected chi connectivity index (χ4v) is 4.37. The van der Waals surface area contributed by atoms with Crippen LogP contribution >= 0.6 is 0 Å². The number of ether oxygens (including phenoxy) is 3. The summed E-state index contributed by atoms with van der Waals surface area (Å²) in [4.78, 5) is 0. The molecule has 0 saturated carbocycles. The predicted octanol–water partition coefficient (Wildman–Crippen LogP) is 5.06. The van der Waals surface area contributed by atoms with Gasteiger partial charge in [0.1, 0.15) is 23.9 Å². The summed E-state index contributed by atoms with van der Waals surface area (Å²) >= 11 is 0. The van der Waals surface area contributed by atoms with Crippen molar-refractivity contribution in [2.24, 2.45) is 0 Å². The van der Waals surface area contributed by atoms with Crippen LogP contribution in [0.15, 0.2) is 104 Å². The first-order valence-corrected chi connectivity index (χ1v) is 10.9. The maximum atomic E-state index is 11.1. The molecule has 3 aromatic rings. The Balaban J connectivity index is 1.74. The second-order valence-corrected chi connectivity index (χ2v) is 8.46. The summed E-state index contributed by atoms with van der Waals surface area (Å²) in [5.41, 5.74) is 2.04. The molecule has 0 aliphatic carbocycles. The number of hydrogen-bond donors (Lipinski definition) is 1. The summed E-state index contributed by atoms with van der Waals surface area (Å²) in [5.74, 6) is -0.792. The standard InChI is InChI=1S/C28H30O4/c1-4-25-26(32-27(2,3)31-25)24(29)20-30-28(21-14-8-5-9-15-21,22-16-10-6-11-17-22)23-18-12-7-13-19-23/h4-19,24-26,29H,1,20H2,2-3H3/t24-,25+,26-/m1/s1. The van der Waals surface area contributed by atoms with Crippen molar-refractivity contribution in [2.75, 3.05) is 6.61 Å². The van der Waals surface area contributed by atoms with Gasteiger partial charge in [0, 0.05) is 0 Å². The summed E-state index contributed by atoms with van der Waals surface area (Å²) in [5, 5.41) is 11.1. The van der Waals surface area contributed by atoms with Crippen molar-refractivity contribution in [1.29, 1.82) is 0 Å². The topological polar surface area (TPSA) is 47.9 Å². The van der Waals surface area contributed by atoms with Gasteiger partial charge in [-0.25, -0.2) is 0 Å². The Kier molecular flexibility index (Phi) is 6.58. The van der Waals surface area contributed by atoms with E-state index >= 15 is 0 Å². The van der Waals surface area contributed by atoms with Crippen LogP contribution in [-0.2, 0) is 19.8 Å². The zero-order valence-electron chi connectivity index (χ0n) is 18.6. The van der Waals surface area contributed by atoms with E-state index in [1.165, 1.54) is 0 Å². The first-order chi connectivity index (χ1) is 15.5. The lowest BCUT2D eigenvalue weighted by atomic mass is 9.80. The zero-order chi connectivity index (χ0) is 22.6. The SMILES string of the molecule is C=C[C@@H]1OC(C)(C)O[C@@H]1[C@H](O)COC(c1ccccc1)(c1ccccc1)c1ccccc1. The molecule has 0 radical (unpaired) electrons. The zero-order valence-corrected chi connectivity index (χ0v) is 18.6. The molecular weight excluding hydrogens is 400 g/mol. The van der Waals surface area contributed by atoms with E-state index in [1.807, 2.05) is 68.4 Å². The minimum absolute atomic E-state index is 0.0487. The molecule has 166 valence electrons. The Hall–Kier alpha value is -2.76. The van der Waals surface area contributed by atoms with E-state index in [0.29, 0.717) is 0 Å². The summed E-state index contributed by atoms with van der Waals surface area (Å²) in [7, 11) is 0. The molecule has 1 aliphatic heterocycles. The third-order valence-corrected chi connectivity index (χ3v) is 5.79. The Bertz CT molecular complexity index is 905. The van der Waals surface area contributed by atoms with Crippen molar-refractivity contribution in [3.8, 4) is 0 Å². The van der Waals surface area contributed by atoms with Crippen molar-refractivity contribution < 1.29 is 19.3 Å². The molecule has 0 unspecified atom stereocenters. The van der Waals surface area contributed by atoms with Crippen LogP contribution in [0.4, 0.5) is 0 Å². The second kappa shape index (κ2) is 9.39. The number of benzene rings is 3. The monoisotopic (exact) mass is 430 g/mol. The molecule has 1 fully saturated rings. The molecule has 1 saturated heterocycles. The lowest BCUT2D eigenvalue weighted by molar-refractivity contribution is -0.160. The van der Waals surface area contributed by atoms with Crippen LogP contribution < -0.4 is 0 Å². The van der Waals surface area contributed by atoms with Crippen molar-refractivity contribution in [1.82, 2.24) is 0 Å². The molecule has 3 aromatic carbocycles. The molecule has 1 N–H and O–H groups in total. The summed E-state index contributed by atoms with van der Waals surface area (Å²) in [6.07, 6.45) is -0.220. The number of rotatable bonds is 8. The van der Waals surface area contributed by atoms with Crippen molar-refractivity contribution in [3.05, 3.63) is 120 Å². The average Bonchev–Trinajstić information content (AvgIpc) is 3.16. The van der Waals surface area contributed by atoms with Gasteiger partial charge in [-0.1, -0.05) is 97.1 Å². The minimum atomic E-state index is -0.907. The Morgan fingerprint density at radius 1 is 0.875 bits per heavy atom. The third kappa shape index (κ3) is 4.41. The van der Waals surface area contributed by atoms with Gasteiger partial charge in [0.15, 0.2) is 5.79 Å². The van der Waals surface area contributed by atoms with Gasteiger partial charge in [0.05, 0.1) is 6.61 Å². The molecule has 0 aromatic heterocycles. The fourth-order valence-electron chi connectivity index (χ4n) is 4.37. The number of hydrogen-bond acceptors (Lipinski definition) is 4. The molecule has 4 rings (SSSR count). The van der Waals surface area contributed by atoms with E-state index < -0.39 is 29.7 Å². The highest BCUT2D eigenvalue weighted by atomic mass is 16.8. The predicted molar refractivity (Wildman–Crippen MR) is 125 cm³/mol. The van der Waals surface area contributed by atoms with Crippen LogP contribution in [0.5, 0.6) is 0 Å². The maximum absolute atomic E-state index is 11.1. The fraction of sp³-hybridized carbons (Fsp3) is 0.286. The molecule has 0 spiro atoms. The number of aliphatic hydroxyl groups excluding tert-OH is 1. The van der Waals surface area contributed by atoms with E-state index in [-0.39, 0.29) is 6.61 Å². The minimum Gasteiger partial charge on any atom is -0.388 e. The summed E-state index contributed by atoms with van der Waals surface area (Å²) < 4.78 is 18.5. The molecule has 0 bridgehead atoms. The van der Waals surface area contributed by atoms with Crippen molar-refractivity contribution in [3.63, 3.8) is 0 Å². The van der Waals surface area contributed by atoms with Gasteiger partial charge >= 0.3 is 0 Å². The van der Waals surface area contributed by atoms with Crippen LogP contribution in [0.1, 0.15) is 30.5 Å². The highest BCUT2D eigenvalue weighted by molar-refractivity contribution is 5.47. The molecule has 3 atom stereocenters. The van der Waals surface area contributed by atoms with E-state index in [2.05, 4.69) is 43.0 Å². The lowest BCUT2D eigenvalue weighted by Gasteiger charge is -2.37. The first kappa shape index (κ1) is 22.4.